The molecular formula is C14H16F3N5O3S. The first kappa shape index (κ1) is 18.6. The van der Waals surface area contributed by atoms with Gasteiger partial charge >= 0.3 is 6.18 Å². The van der Waals surface area contributed by atoms with Gasteiger partial charge in [0, 0.05) is 33.3 Å². The van der Waals surface area contributed by atoms with Gasteiger partial charge in [-0.3, -0.25) is 4.79 Å². The molecule has 1 amide bonds. The maximum atomic E-state index is 12.7. The van der Waals surface area contributed by atoms with Crippen LogP contribution in [0.25, 0.3) is 0 Å². The number of halogens is 3. The molecule has 0 aromatic carbocycles. The molecule has 0 aliphatic carbocycles. The molecule has 0 radical (unpaired) electrons. The van der Waals surface area contributed by atoms with E-state index in [0.29, 0.717) is 55.2 Å². The summed E-state index contributed by atoms with van der Waals surface area (Å²) in [5.74, 6) is -0.242. The van der Waals surface area contributed by atoms with Crippen molar-refractivity contribution in [3.8, 4) is 0 Å². The van der Waals surface area contributed by atoms with Gasteiger partial charge in [0.2, 0.25) is 10.1 Å². The molecule has 142 valence electrons. The lowest BCUT2D eigenvalue weighted by atomic mass is 10.2. The number of alkyl halides is 3. The zero-order valence-electron chi connectivity index (χ0n) is 13.8. The summed E-state index contributed by atoms with van der Waals surface area (Å²) in [7, 11) is 1.49. The highest BCUT2D eigenvalue weighted by Crippen LogP contribution is 2.34. The minimum absolute atomic E-state index is 0.155. The molecule has 2 aromatic rings. The minimum Gasteiger partial charge on any atom is -0.378 e. The van der Waals surface area contributed by atoms with Crippen molar-refractivity contribution in [3.63, 3.8) is 0 Å². The monoisotopic (exact) mass is 391 g/mol. The third-order valence-electron chi connectivity index (χ3n) is 3.87. The van der Waals surface area contributed by atoms with Crippen LogP contribution in [0.15, 0.2) is 10.8 Å². The van der Waals surface area contributed by atoms with Crippen molar-refractivity contribution in [1.82, 2.24) is 20.3 Å². The molecule has 3 heterocycles. The van der Waals surface area contributed by atoms with Crippen LogP contribution in [0.3, 0.4) is 0 Å². The Bertz CT molecular complexity index is 763. The highest BCUT2D eigenvalue weighted by molar-refractivity contribution is 7.15. The van der Waals surface area contributed by atoms with Gasteiger partial charge in [0.25, 0.3) is 5.91 Å². The fraction of sp³-hybridized carbons (Fsp3) is 0.571. The molecule has 26 heavy (non-hydrogen) atoms. The first-order valence-electron chi connectivity index (χ1n) is 7.77. The zero-order valence-corrected chi connectivity index (χ0v) is 14.6. The molecular weight excluding hydrogens is 375 g/mol. The fourth-order valence-corrected chi connectivity index (χ4v) is 3.38. The van der Waals surface area contributed by atoms with Gasteiger partial charge < -0.3 is 19.1 Å². The fourth-order valence-electron chi connectivity index (χ4n) is 2.61. The van der Waals surface area contributed by atoms with Crippen molar-refractivity contribution in [2.75, 3.05) is 38.2 Å². The third-order valence-corrected chi connectivity index (χ3v) is 4.90. The number of nitrogens with zero attached hydrogens (tertiary/aromatic N) is 5. The molecule has 0 unspecified atom stereocenters. The molecule has 0 atom stereocenters. The largest absolute Gasteiger partial charge is 0.445 e. The lowest BCUT2D eigenvalue weighted by molar-refractivity contribution is -0.138. The van der Waals surface area contributed by atoms with Crippen LogP contribution < -0.4 is 4.90 Å². The summed E-state index contributed by atoms with van der Waals surface area (Å²) in [6.45, 7) is 1.83. The summed E-state index contributed by atoms with van der Waals surface area (Å²) in [6.07, 6.45) is -2.63. The van der Waals surface area contributed by atoms with Gasteiger partial charge in [-0.05, 0) is 6.42 Å². The normalized spacial score (nSPS) is 16.0. The van der Waals surface area contributed by atoms with Crippen molar-refractivity contribution in [2.24, 2.45) is 0 Å². The molecule has 2 aromatic heterocycles. The molecule has 3 rings (SSSR count). The van der Waals surface area contributed by atoms with Crippen LogP contribution >= 0.6 is 11.3 Å². The van der Waals surface area contributed by atoms with E-state index in [4.69, 9.17) is 9.26 Å². The van der Waals surface area contributed by atoms with E-state index in [1.165, 1.54) is 13.4 Å². The van der Waals surface area contributed by atoms with E-state index in [9.17, 15) is 18.0 Å². The number of carbonyl (C=O) groups is 1. The lowest BCUT2D eigenvalue weighted by Crippen LogP contribution is -2.35. The Morgan fingerprint density at radius 3 is 2.81 bits per heavy atom. The van der Waals surface area contributed by atoms with Crippen LogP contribution in [0.2, 0.25) is 0 Å². The Kier molecular flexibility index (Phi) is 5.41. The maximum absolute atomic E-state index is 12.7. The van der Waals surface area contributed by atoms with Crippen LogP contribution in [0.4, 0.5) is 18.3 Å². The Balaban J connectivity index is 1.67. The van der Waals surface area contributed by atoms with E-state index in [0.717, 1.165) is 0 Å². The van der Waals surface area contributed by atoms with Crippen LogP contribution in [0.5, 0.6) is 0 Å². The second kappa shape index (κ2) is 7.58. The predicted octanol–water partition coefficient (Wildman–Crippen LogP) is 2.04. The molecule has 0 N–H and O–H groups in total. The molecule has 1 saturated heterocycles. The van der Waals surface area contributed by atoms with Crippen LogP contribution in [-0.2, 0) is 17.5 Å². The quantitative estimate of drug-likeness (QED) is 0.789. The Hall–Kier alpha value is -2.21. The van der Waals surface area contributed by atoms with E-state index in [2.05, 4.69) is 15.4 Å². The number of ether oxygens (including phenoxy) is 1. The minimum atomic E-state index is -4.50. The Morgan fingerprint density at radius 2 is 2.12 bits per heavy atom. The average Bonchev–Trinajstić information content (AvgIpc) is 3.19. The zero-order chi connectivity index (χ0) is 18.7. The van der Waals surface area contributed by atoms with Crippen LogP contribution in [0.1, 0.15) is 27.5 Å². The smallest absolute Gasteiger partial charge is 0.378 e. The topological polar surface area (TPSA) is 84.6 Å². The summed E-state index contributed by atoms with van der Waals surface area (Å²) in [6, 6.07) is 0. The number of anilines is 1. The van der Waals surface area contributed by atoms with Gasteiger partial charge in [-0.15, -0.1) is 10.2 Å². The van der Waals surface area contributed by atoms with E-state index < -0.39 is 11.2 Å². The van der Waals surface area contributed by atoms with E-state index in [1.807, 2.05) is 0 Å². The average molecular weight is 391 g/mol. The number of hydrogen-bond donors (Lipinski definition) is 0. The van der Waals surface area contributed by atoms with Gasteiger partial charge in [0.05, 0.1) is 6.61 Å². The van der Waals surface area contributed by atoms with Crippen molar-refractivity contribution in [3.05, 3.63) is 22.5 Å². The van der Waals surface area contributed by atoms with Crippen molar-refractivity contribution >= 4 is 22.4 Å². The second-order valence-electron chi connectivity index (χ2n) is 5.63. The predicted molar refractivity (Wildman–Crippen MR) is 84.9 cm³/mol. The van der Waals surface area contributed by atoms with Crippen LogP contribution in [-0.4, -0.2) is 59.4 Å². The van der Waals surface area contributed by atoms with Gasteiger partial charge in [0.15, 0.2) is 0 Å². The van der Waals surface area contributed by atoms with Crippen molar-refractivity contribution < 1.29 is 27.2 Å². The van der Waals surface area contributed by atoms with E-state index >= 15 is 0 Å². The molecule has 0 bridgehead atoms. The molecule has 0 saturated carbocycles. The van der Waals surface area contributed by atoms with Crippen molar-refractivity contribution in [2.45, 2.75) is 19.2 Å². The summed E-state index contributed by atoms with van der Waals surface area (Å²) < 4.78 is 47.9. The Morgan fingerprint density at radius 1 is 1.31 bits per heavy atom. The standard InChI is InChI=1S/C14H16F3N5O3S/c1-24-8-10-9(7-25-20-10)11(23)21-3-2-4-22(6-5-21)13-19-18-12(26-13)14(15,16)17/h7H,2-6,8H2,1H3. The third kappa shape index (κ3) is 3.96. The van der Waals surface area contributed by atoms with E-state index in [-0.39, 0.29) is 17.6 Å². The first-order valence-corrected chi connectivity index (χ1v) is 8.59. The number of aromatic nitrogens is 3. The lowest BCUT2D eigenvalue weighted by Gasteiger charge is -2.21. The number of amides is 1. The summed E-state index contributed by atoms with van der Waals surface area (Å²) in [4.78, 5) is 16.0. The molecule has 1 aliphatic heterocycles. The number of methoxy groups -OCH3 is 1. The number of rotatable bonds is 4. The molecule has 1 fully saturated rings. The maximum Gasteiger partial charge on any atom is 0.445 e. The first-order chi connectivity index (χ1) is 12.4. The summed E-state index contributed by atoms with van der Waals surface area (Å²) in [5, 5.41) is 9.83. The SMILES string of the molecule is COCc1nocc1C(=O)N1CCCN(c2nnc(C(F)(F)F)s2)CC1. The van der Waals surface area contributed by atoms with Gasteiger partial charge in [-0.25, -0.2) is 0 Å². The molecule has 1 aliphatic rings. The molecule has 8 nitrogen and oxygen atoms in total. The number of hydrogen-bond acceptors (Lipinski definition) is 8. The molecule has 12 heteroatoms. The Labute approximate surface area is 150 Å². The highest BCUT2D eigenvalue weighted by atomic mass is 32.1. The molecule has 0 spiro atoms. The van der Waals surface area contributed by atoms with Crippen LogP contribution in [0, 0.1) is 0 Å². The highest BCUT2D eigenvalue weighted by Gasteiger charge is 2.36. The van der Waals surface area contributed by atoms with Gasteiger partial charge in [0.1, 0.15) is 17.5 Å². The number of carbonyl (C=O) groups excluding carboxylic acids is 1. The van der Waals surface area contributed by atoms with E-state index in [1.54, 1.807) is 9.80 Å². The van der Waals surface area contributed by atoms with Gasteiger partial charge in [-0.2, -0.15) is 13.2 Å². The van der Waals surface area contributed by atoms with Crippen molar-refractivity contribution in [1.29, 1.82) is 0 Å². The second-order valence-corrected chi connectivity index (χ2v) is 6.58. The van der Waals surface area contributed by atoms with Gasteiger partial charge in [-0.1, -0.05) is 16.5 Å². The summed E-state index contributed by atoms with van der Waals surface area (Å²) in [5.41, 5.74) is 0.744. The summed E-state index contributed by atoms with van der Waals surface area (Å²) >= 11 is 0.506.